The van der Waals surface area contributed by atoms with Gasteiger partial charge < -0.3 is 14.8 Å². The van der Waals surface area contributed by atoms with Gasteiger partial charge in [-0.05, 0) is 46.3 Å². The Kier molecular flexibility index (Phi) is 7.21. The van der Waals surface area contributed by atoms with E-state index >= 15 is 0 Å². The normalized spacial score (nSPS) is 14.8. The van der Waals surface area contributed by atoms with Gasteiger partial charge in [-0.2, -0.15) is 4.31 Å². The first-order valence-electron chi connectivity index (χ1n) is 9.74. The molecular formula is C21H20BrN3O5S2. The predicted molar refractivity (Wildman–Crippen MR) is 125 cm³/mol. The number of carbonyl (C=O) groups excluding carboxylic acids is 1. The molecule has 3 aromatic rings. The highest BCUT2D eigenvalue weighted by Gasteiger charge is 2.29. The standard InChI is InChI=1S/C21H20BrN3O5S2/c22-18-7-6-15(12-19(18)32(27,28)25-8-10-29-11-9-25)20(26)30-13-17-14-31-21(24-17)23-16-4-2-1-3-5-16/h1-7,12,14H,8-11,13H2,(H,23,24). The van der Waals surface area contributed by atoms with Crippen molar-refractivity contribution in [1.82, 2.24) is 9.29 Å². The van der Waals surface area contributed by atoms with Crippen LogP contribution in [0, 0.1) is 0 Å². The van der Waals surface area contributed by atoms with E-state index in [1.807, 2.05) is 30.3 Å². The van der Waals surface area contributed by atoms with Gasteiger partial charge in [-0.1, -0.05) is 18.2 Å². The highest BCUT2D eigenvalue weighted by atomic mass is 79.9. The number of nitrogens with one attached hydrogen (secondary N) is 1. The van der Waals surface area contributed by atoms with E-state index in [1.54, 1.807) is 5.38 Å². The zero-order valence-corrected chi connectivity index (χ0v) is 20.1. The number of halogens is 1. The number of morpholine rings is 1. The van der Waals surface area contributed by atoms with Crippen LogP contribution in [0.15, 0.2) is 63.3 Å². The Hall–Kier alpha value is -2.31. The Labute approximate surface area is 198 Å². The molecule has 0 atom stereocenters. The number of hydrogen-bond acceptors (Lipinski definition) is 8. The van der Waals surface area contributed by atoms with Crippen LogP contribution in [-0.4, -0.2) is 50.0 Å². The van der Waals surface area contributed by atoms with Crippen molar-refractivity contribution in [2.24, 2.45) is 0 Å². The monoisotopic (exact) mass is 537 g/mol. The Morgan fingerprint density at radius 3 is 2.69 bits per heavy atom. The van der Waals surface area contributed by atoms with Crippen molar-refractivity contribution in [2.75, 3.05) is 31.6 Å². The van der Waals surface area contributed by atoms with Crippen molar-refractivity contribution in [3.63, 3.8) is 0 Å². The SMILES string of the molecule is O=C(OCc1csc(Nc2ccccc2)n1)c1ccc(Br)c(S(=O)(=O)N2CCOCC2)c1. The lowest BCUT2D eigenvalue weighted by Gasteiger charge is -2.26. The van der Waals surface area contributed by atoms with Crippen LogP contribution < -0.4 is 5.32 Å². The Morgan fingerprint density at radius 1 is 1.19 bits per heavy atom. The van der Waals surface area contributed by atoms with Gasteiger partial charge in [0.25, 0.3) is 0 Å². The molecule has 1 saturated heterocycles. The third-order valence-electron chi connectivity index (χ3n) is 4.68. The lowest BCUT2D eigenvalue weighted by Crippen LogP contribution is -2.40. The molecule has 8 nitrogen and oxygen atoms in total. The lowest BCUT2D eigenvalue weighted by atomic mass is 10.2. The molecule has 0 spiro atoms. The van der Waals surface area contributed by atoms with Gasteiger partial charge in [0, 0.05) is 28.6 Å². The van der Waals surface area contributed by atoms with E-state index in [-0.39, 0.29) is 30.2 Å². The summed E-state index contributed by atoms with van der Waals surface area (Å²) < 4.78 is 38.3. The summed E-state index contributed by atoms with van der Waals surface area (Å²) in [7, 11) is -3.76. The number of para-hydroxylation sites is 1. The number of carbonyl (C=O) groups is 1. The quantitative estimate of drug-likeness (QED) is 0.454. The summed E-state index contributed by atoms with van der Waals surface area (Å²) in [5.74, 6) is -0.624. The van der Waals surface area contributed by atoms with Crippen LogP contribution >= 0.6 is 27.3 Å². The van der Waals surface area contributed by atoms with Crippen LogP contribution in [0.25, 0.3) is 0 Å². The molecule has 168 valence electrons. The Bertz CT molecular complexity index is 1200. The van der Waals surface area contributed by atoms with E-state index in [2.05, 4.69) is 26.2 Å². The molecule has 2 aromatic carbocycles. The Balaban J connectivity index is 1.42. The van der Waals surface area contributed by atoms with Crippen LogP contribution in [0.5, 0.6) is 0 Å². The number of aromatic nitrogens is 1. The molecule has 0 radical (unpaired) electrons. The summed E-state index contributed by atoms with van der Waals surface area (Å²) in [6.45, 7) is 1.20. The van der Waals surface area contributed by atoms with Crippen LogP contribution in [0.3, 0.4) is 0 Å². The molecule has 0 saturated carbocycles. The van der Waals surface area contributed by atoms with Crippen molar-refractivity contribution in [2.45, 2.75) is 11.5 Å². The average Bonchev–Trinajstić information content (AvgIpc) is 3.26. The molecule has 1 aromatic heterocycles. The largest absolute Gasteiger partial charge is 0.456 e. The molecule has 1 fully saturated rings. The number of rotatable bonds is 7. The molecule has 0 aliphatic carbocycles. The smallest absolute Gasteiger partial charge is 0.338 e. The number of sulfonamides is 1. The molecule has 1 N–H and O–H groups in total. The number of benzene rings is 2. The third-order valence-corrected chi connectivity index (χ3v) is 8.38. The van der Waals surface area contributed by atoms with E-state index in [1.165, 1.54) is 33.8 Å². The average molecular weight is 538 g/mol. The van der Waals surface area contributed by atoms with Crippen LogP contribution in [0.4, 0.5) is 10.8 Å². The van der Waals surface area contributed by atoms with E-state index < -0.39 is 16.0 Å². The third kappa shape index (κ3) is 5.36. The summed E-state index contributed by atoms with van der Waals surface area (Å²) >= 11 is 4.68. The van der Waals surface area contributed by atoms with Crippen molar-refractivity contribution >= 4 is 54.1 Å². The molecule has 2 heterocycles. The minimum absolute atomic E-state index is 0.0204. The second-order valence-electron chi connectivity index (χ2n) is 6.87. The maximum absolute atomic E-state index is 13.0. The van der Waals surface area contributed by atoms with E-state index in [9.17, 15) is 13.2 Å². The molecule has 11 heteroatoms. The highest BCUT2D eigenvalue weighted by molar-refractivity contribution is 9.10. The second-order valence-corrected chi connectivity index (χ2v) is 10.5. The molecule has 0 unspecified atom stereocenters. The maximum atomic E-state index is 13.0. The van der Waals surface area contributed by atoms with Gasteiger partial charge in [0.2, 0.25) is 10.0 Å². The predicted octanol–water partition coefficient (Wildman–Crippen LogP) is 4.03. The number of thiazole rings is 1. The van der Waals surface area contributed by atoms with Crippen LogP contribution in [0.1, 0.15) is 16.1 Å². The minimum Gasteiger partial charge on any atom is -0.456 e. The fourth-order valence-corrected chi connectivity index (χ4v) is 6.13. The molecule has 1 aliphatic rings. The summed E-state index contributed by atoms with van der Waals surface area (Å²) in [6, 6.07) is 14.0. The number of ether oxygens (including phenoxy) is 2. The molecule has 4 rings (SSSR count). The number of anilines is 2. The Morgan fingerprint density at radius 2 is 1.94 bits per heavy atom. The van der Waals surface area contributed by atoms with E-state index in [4.69, 9.17) is 9.47 Å². The van der Waals surface area contributed by atoms with Gasteiger partial charge in [0.1, 0.15) is 6.61 Å². The van der Waals surface area contributed by atoms with E-state index in [0.717, 1.165) is 5.69 Å². The van der Waals surface area contributed by atoms with Gasteiger partial charge in [-0.15, -0.1) is 11.3 Å². The molecule has 1 aliphatic heterocycles. The first-order valence-corrected chi connectivity index (χ1v) is 12.9. The molecule has 0 bridgehead atoms. The number of esters is 1. The lowest BCUT2D eigenvalue weighted by molar-refractivity contribution is 0.0468. The summed E-state index contributed by atoms with van der Waals surface area (Å²) in [4.78, 5) is 17.0. The summed E-state index contributed by atoms with van der Waals surface area (Å²) in [5.41, 5.74) is 1.66. The van der Waals surface area contributed by atoms with Gasteiger partial charge in [-0.3, -0.25) is 0 Å². The molecule has 0 amide bonds. The highest BCUT2D eigenvalue weighted by Crippen LogP contribution is 2.27. The van der Waals surface area contributed by atoms with Crippen LogP contribution in [-0.2, 0) is 26.1 Å². The van der Waals surface area contributed by atoms with E-state index in [0.29, 0.717) is 28.5 Å². The zero-order valence-electron chi connectivity index (χ0n) is 16.9. The summed E-state index contributed by atoms with van der Waals surface area (Å²) in [5, 5.41) is 5.67. The van der Waals surface area contributed by atoms with Gasteiger partial charge in [0.05, 0.1) is 29.4 Å². The van der Waals surface area contributed by atoms with Crippen molar-refractivity contribution < 1.29 is 22.7 Å². The topological polar surface area (TPSA) is 97.8 Å². The van der Waals surface area contributed by atoms with Crippen molar-refractivity contribution in [3.05, 3.63) is 69.6 Å². The maximum Gasteiger partial charge on any atom is 0.338 e. The molecular weight excluding hydrogens is 518 g/mol. The first kappa shape index (κ1) is 22.9. The number of nitrogens with zero attached hydrogens (tertiary/aromatic N) is 2. The fraction of sp³-hybridized carbons (Fsp3) is 0.238. The van der Waals surface area contributed by atoms with Gasteiger partial charge in [0.15, 0.2) is 5.13 Å². The summed E-state index contributed by atoms with van der Waals surface area (Å²) in [6.07, 6.45) is 0. The van der Waals surface area contributed by atoms with Crippen LogP contribution in [0.2, 0.25) is 0 Å². The minimum atomic E-state index is -3.76. The van der Waals surface area contributed by atoms with Gasteiger partial charge >= 0.3 is 5.97 Å². The number of hydrogen-bond donors (Lipinski definition) is 1. The fourth-order valence-electron chi connectivity index (χ4n) is 3.05. The molecule has 32 heavy (non-hydrogen) atoms. The van der Waals surface area contributed by atoms with Crippen molar-refractivity contribution in [1.29, 1.82) is 0 Å². The first-order chi connectivity index (χ1) is 15.4. The second kappa shape index (κ2) is 10.1. The van der Waals surface area contributed by atoms with Gasteiger partial charge in [-0.25, -0.2) is 18.2 Å². The van der Waals surface area contributed by atoms with Crippen molar-refractivity contribution in [3.8, 4) is 0 Å². The zero-order chi connectivity index (χ0) is 22.6.